The molecule has 1 aliphatic carbocycles. The molecule has 24 heavy (non-hydrogen) atoms. The lowest BCUT2D eigenvalue weighted by atomic mass is 9.97. The van der Waals surface area contributed by atoms with Crippen molar-refractivity contribution in [2.75, 3.05) is 12.4 Å². The molecule has 0 spiro atoms. The van der Waals surface area contributed by atoms with Crippen LogP contribution in [-0.2, 0) is 9.53 Å². The zero-order valence-corrected chi connectivity index (χ0v) is 15.3. The number of carbonyl (C=O) groups is 1. The Hall–Kier alpha value is -1.55. The number of amides is 1. The van der Waals surface area contributed by atoms with E-state index in [0.29, 0.717) is 6.10 Å². The van der Waals surface area contributed by atoms with Gasteiger partial charge in [0.15, 0.2) is 0 Å². The van der Waals surface area contributed by atoms with E-state index in [1.165, 1.54) is 12.8 Å². The van der Waals surface area contributed by atoms with Crippen LogP contribution in [0.4, 0.5) is 5.69 Å². The third kappa shape index (κ3) is 5.23. The molecule has 1 aliphatic rings. The molecule has 0 unspecified atom stereocenters. The molecule has 1 saturated carbocycles. The number of nitrogens with one attached hydrogen (secondary N) is 1. The standard InChI is InChI=1S/C20H31NO3/c1-4-5-8-15-20(2,23-3)19(22)21-16-11-13-18(14-12-16)24-17-9-6-7-10-17/h11-14,17H,4-10,15H2,1-3H3,(H,21,22)/t20-/m0/s1. The van der Waals surface area contributed by atoms with Crippen molar-refractivity contribution in [3.8, 4) is 5.75 Å². The van der Waals surface area contributed by atoms with Gasteiger partial charge in [-0.05, 0) is 63.3 Å². The van der Waals surface area contributed by atoms with Crippen LogP contribution in [0.25, 0.3) is 0 Å². The summed E-state index contributed by atoms with van der Waals surface area (Å²) in [7, 11) is 1.60. The van der Waals surface area contributed by atoms with Crippen molar-refractivity contribution in [2.45, 2.75) is 76.9 Å². The second-order valence-corrected chi connectivity index (χ2v) is 6.89. The minimum atomic E-state index is -0.784. The summed E-state index contributed by atoms with van der Waals surface area (Å²) in [5.41, 5.74) is -0.00804. The van der Waals surface area contributed by atoms with E-state index in [0.717, 1.165) is 50.0 Å². The fourth-order valence-electron chi connectivity index (χ4n) is 3.10. The van der Waals surface area contributed by atoms with E-state index < -0.39 is 5.60 Å². The highest BCUT2D eigenvalue weighted by Gasteiger charge is 2.32. The van der Waals surface area contributed by atoms with E-state index in [-0.39, 0.29) is 5.91 Å². The summed E-state index contributed by atoms with van der Waals surface area (Å²) in [5, 5.41) is 2.96. The summed E-state index contributed by atoms with van der Waals surface area (Å²) >= 11 is 0. The van der Waals surface area contributed by atoms with Crippen LogP contribution in [0.3, 0.4) is 0 Å². The number of methoxy groups -OCH3 is 1. The average Bonchev–Trinajstić information content (AvgIpc) is 3.09. The third-order valence-corrected chi connectivity index (χ3v) is 4.91. The van der Waals surface area contributed by atoms with Gasteiger partial charge in [0.2, 0.25) is 0 Å². The largest absolute Gasteiger partial charge is 0.490 e. The SMILES string of the molecule is CCCCC[C@](C)(OC)C(=O)Nc1ccc(OC2CCCC2)cc1. The molecule has 1 atom stereocenters. The molecule has 1 N–H and O–H groups in total. The minimum Gasteiger partial charge on any atom is -0.490 e. The molecule has 1 fully saturated rings. The molecule has 1 aromatic carbocycles. The summed E-state index contributed by atoms with van der Waals surface area (Å²) < 4.78 is 11.4. The third-order valence-electron chi connectivity index (χ3n) is 4.91. The Kier molecular flexibility index (Phi) is 7.10. The Morgan fingerprint density at radius 1 is 1.21 bits per heavy atom. The predicted octanol–water partition coefficient (Wildman–Crippen LogP) is 4.93. The highest BCUT2D eigenvalue weighted by molar-refractivity contribution is 5.97. The van der Waals surface area contributed by atoms with E-state index in [2.05, 4.69) is 12.2 Å². The van der Waals surface area contributed by atoms with Crippen LogP contribution < -0.4 is 10.1 Å². The summed E-state index contributed by atoms with van der Waals surface area (Å²) in [6.45, 7) is 4.01. The Bertz CT molecular complexity index is 508. The van der Waals surface area contributed by atoms with Gasteiger partial charge in [0, 0.05) is 12.8 Å². The maximum Gasteiger partial charge on any atom is 0.256 e. The molecule has 4 heteroatoms. The van der Waals surface area contributed by atoms with Crippen LogP contribution in [-0.4, -0.2) is 24.7 Å². The van der Waals surface area contributed by atoms with E-state index in [1.54, 1.807) is 7.11 Å². The number of ether oxygens (including phenoxy) is 2. The highest BCUT2D eigenvalue weighted by atomic mass is 16.5. The number of hydrogen-bond acceptors (Lipinski definition) is 3. The van der Waals surface area contributed by atoms with Gasteiger partial charge in [-0.3, -0.25) is 4.79 Å². The van der Waals surface area contributed by atoms with Crippen LogP contribution in [0.1, 0.15) is 65.2 Å². The van der Waals surface area contributed by atoms with Crippen molar-refractivity contribution in [1.82, 2.24) is 0 Å². The van der Waals surface area contributed by atoms with E-state index >= 15 is 0 Å². The number of hydrogen-bond donors (Lipinski definition) is 1. The van der Waals surface area contributed by atoms with Gasteiger partial charge in [-0.15, -0.1) is 0 Å². The first-order valence-electron chi connectivity index (χ1n) is 9.20. The Morgan fingerprint density at radius 2 is 1.88 bits per heavy atom. The molecule has 0 bridgehead atoms. The van der Waals surface area contributed by atoms with Gasteiger partial charge in [0.1, 0.15) is 11.4 Å². The quantitative estimate of drug-likeness (QED) is 0.652. The molecule has 1 amide bonds. The first-order chi connectivity index (χ1) is 11.6. The van der Waals surface area contributed by atoms with E-state index in [4.69, 9.17) is 9.47 Å². The Morgan fingerprint density at radius 3 is 2.46 bits per heavy atom. The lowest BCUT2D eigenvalue weighted by Gasteiger charge is -2.27. The second kappa shape index (κ2) is 9.07. The topological polar surface area (TPSA) is 47.6 Å². The molecule has 0 saturated heterocycles. The molecule has 2 rings (SSSR count). The number of rotatable bonds is 9. The van der Waals surface area contributed by atoms with Crippen molar-refractivity contribution in [2.24, 2.45) is 0 Å². The maximum absolute atomic E-state index is 12.6. The second-order valence-electron chi connectivity index (χ2n) is 6.89. The zero-order valence-electron chi connectivity index (χ0n) is 15.3. The number of benzene rings is 1. The van der Waals surface area contributed by atoms with Crippen molar-refractivity contribution < 1.29 is 14.3 Å². The van der Waals surface area contributed by atoms with Gasteiger partial charge < -0.3 is 14.8 Å². The molecule has 0 radical (unpaired) electrons. The van der Waals surface area contributed by atoms with Crippen LogP contribution in [0.15, 0.2) is 24.3 Å². The van der Waals surface area contributed by atoms with Gasteiger partial charge in [0.05, 0.1) is 6.10 Å². The fraction of sp³-hybridized carbons (Fsp3) is 0.650. The van der Waals surface area contributed by atoms with Crippen LogP contribution in [0, 0.1) is 0 Å². The smallest absolute Gasteiger partial charge is 0.256 e. The van der Waals surface area contributed by atoms with Crippen molar-refractivity contribution in [1.29, 1.82) is 0 Å². The molecule has 1 aromatic rings. The number of unbranched alkanes of at least 4 members (excludes halogenated alkanes) is 2. The van der Waals surface area contributed by atoms with Crippen LogP contribution >= 0.6 is 0 Å². The predicted molar refractivity (Wildman–Crippen MR) is 97.5 cm³/mol. The van der Waals surface area contributed by atoms with Gasteiger partial charge in [0.25, 0.3) is 5.91 Å². The summed E-state index contributed by atoms with van der Waals surface area (Å²) in [5.74, 6) is 0.780. The molecule has 4 nitrogen and oxygen atoms in total. The number of carbonyl (C=O) groups excluding carboxylic acids is 1. The minimum absolute atomic E-state index is 0.0921. The summed E-state index contributed by atoms with van der Waals surface area (Å²) in [6.07, 6.45) is 9.10. The molecular formula is C20H31NO3. The first kappa shape index (κ1) is 18.8. The maximum atomic E-state index is 12.6. The van der Waals surface area contributed by atoms with Crippen molar-refractivity contribution >= 4 is 11.6 Å². The first-order valence-corrected chi connectivity index (χ1v) is 9.20. The monoisotopic (exact) mass is 333 g/mol. The molecule has 134 valence electrons. The average molecular weight is 333 g/mol. The zero-order chi connectivity index (χ0) is 17.4. The molecule has 0 aliphatic heterocycles. The van der Waals surface area contributed by atoms with Crippen molar-refractivity contribution in [3.63, 3.8) is 0 Å². The van der Waals surface area contributed by atoms with E-state index in [1.807, 2.05) is 31.2 Å². The van der Waals surface area contributed by atoms with Gasteiger partial charge in [-0.1, -0.05) is 26.2 Å². The summed E-state index contributed by atoms with van der Waals surface area (Å²) in [4.78, 5) is 12.6. The lowest BCUT2D eigenvalue weighted by molar-refractivity contribution is -0.136. The van der Waals surface area contributed by atoms with Gasteiger partial charge in [-0.2, -0.15) is 0 Å². The highest BCUT2D eigenvalue weighted by Crippen LogP contribution is 2.26. The normalized spacial score (nSPS) is 17.5. The summed E-state index contributed by atoms with van der Waals surface area (Å²) in [6, 6.07) is 7.64. The Balaban J connectivity index is 1.89. The van der Waals surface area contributed by atoms with Crippen LogP contribution in [0.5, 0.6) is 5.75 Å². The number of anilines is 1. The molecule has 0 heterocycles. The van der Waals surface area contributed by atoms with E-state index in [9.17, 15) is 4.79 Å². The lowest BCUT2D eigenvalue weighted by Crippen LogP contribution is -2.41. The van der Waals surface area contributed by atoms with Gasteiger partial charge in [-0.25, -0.2) is 0 Å². The van der Waals surface area contributed by atoms with Gasteiger partial charge >= 0.3 is 0 Å². The van der Waals surface area contributed by atoms with Crippen molar-refractivity contribution in [3.05, 3.63) is 24.3 Å². The molecular weight excluding hydrogens is 302 g/mol. The fourth-order valence-corrected chi connectivity index (χ4v) is 3.10. The molecule has 0 aromatic heterocycles. The van der Waals surface area contributed by atoms with Crippen LogP contribution in [0.2, 0.25) is 0 Å². The Labute approximate surface area is 145 Å².